The normalized spacial score (nSPS) is 9.14. The average molecular weight is 139 g/mol. The summed E-state index contributed by atoms with van der Waals surface area (Å²) in [6, 6.07) is 0. The summed E-state index contributed by atoms with van der Waals surface area (Å²) in [5, 5.41) is 0. The molecule has 0 bridgehead atoms. The Morgan fingerprint density at radius 3 is 2.14 bits per heavy atom. The number of hydrogen-bond donors (Lipinski definition) is 0. The number of rotatable bonds is 2. The lowest BCUT2D eigenvalue weighted by molar-refractivity contribution is 0.233. The van der Waals surface area contributed by atoms with Gasteiger partial charge in [-0.2, -0.15) is 0 Å². The molecule has 0 aromatic rings. The second-order valence-electron chi connectivity index (χ2n) is 1.40. The summed E-state index contributed by atoms with van der Waals surface area (Å²) >= 11 is 5.00. The molecule has 0 aromatic heterocycles. The van der Waals surface area contributed by atoms with Gasteiger partial charge in [0.2, 0.25) is 0 Å². The van der Waals surface area contributed by atoms with E-state index in [2.05, 4.69) is 4.43 Å². The zero-order valence-corrected chi connectivity index (χ0v) is 6.03. The van der Waals surface area contributed by atoms with Gasteiger partial charge < -0.3 is 8.89 Å². The molecule has 0 amide bonds. The van der Waals surface area contributed by atoms with Crippen molar-refractivity contribution >= 4 is 19.3 Å². The molecule has 0 heterocycles. The van der Waals surface area contributed by atoms with Crippen LogP contribution in [0.1, 0.15) is 13.8 Å². The highest BCUT2D eigenvalue weighted by Gasteiger charge is 2.01. The zero-order valence-electron chi connectivity index (χ0n) is 4.27. The van der Waals surface area contributed by atoms with Crippen LogP contribution < -0.4 is 0 Å². The molecule has 0 aliphatic rings. The predicted molar refractivity (Wildman–Crippen MR) is 28.5 cm³/mol. The molecule has 0 aliphatic carbocycles. The third kappa shape index (κ3) is 6.11. The Labute approximate surface area is 48.9 Å². The van der Waals surface area contributed by atoms with Crippen LogP contribution in [-0.4, -0.2) is 14.3 Å². The van der Waals surface area contributed by atoms with Crippen LogP contribution in [0.3, 0.4) is 0 Å². The van der Waals surface area contributed by atoms with E-state index in [1.54, 1.807) is 13.8 Å². The van der Waals surface area contributed by atoms with E-state index in [-0.39, 0.29) is 6.10 Å². The molecule has 0 fully saturated rings. The molecule has 0 saturated heterocycles. The summed E-state index contributed by atoms with van der Waals surface area (Å²) < 4.78 is 14.5. The lowest BCUT2D eigenvalue weighted by Gasteiger charge is -2.00. The van der Waals surface area contributed by atoms with E-state index in [1.165, 1.54) is 0 Å². The van der Waals surface area contributed by atoms with Gasteiger partial charge in [0.1, 0.15) is 0 Å². The largest absolute Gasteiger partial charge is 0.619 e. The van der Waals surface area contributed by atoms with Crippen LogP contribution in [0.25, 0.3) is 0 Å². The van der Waals surface area contributed by atoms with Crippen molar-refractivity contribution in [3.63, 3.8) is 0 Å². The Morgan fingerprint density at radius 1 is 1.71 bits per heavy atom. The minimum absolute atomic E-state index is 0.0242. The first-order valence-corrected chi connectivity index (χ1v) is 4.32. The van der Waals surface area contributed by atoms with Crippen molar-refractivity contribution in [1.29, 1.82) is 0 Å². The minimum Gasteiger partial charge on any atom is -0.512 e. The summed E-state index contributed by atoms with van der Waals surface area (Å²) in [7, 11) is -2.21. The maximum absolute atomic E-state index is 9.98. The highest BCUT2D eigenvalue weighted by atomic mass is 35.6. The third-order valence-electron chi connectivity index (χ3n) is 0.328. The van der Waals surface area contributed by atoms with Gasteiger partial charge >= 0.3 is 8.24 Å². The monoisotopic (exact) mass is 138 g/mol. The second kappa shape index (κ2) is 3.15. The molecule has 0 aromatic carbocycles. The summed E-state index contributed by atoms with van der Waals surface area (Å²) in [5.41, 5.74) is 0. The Bertz CT molecular complexity index is 73.3. The van der Waals surface area contributed by atoms with Crippen LogP contribution in [0.15, 0.2) is 0 Å². The first-order chi connectivity index (χ1) is 3.13. The van der Waals surface area contributed by atoms with Crippen molar-refractivity contribution < 1.29 is 8.89 Å². The molecule has 0 N–H and O–H groups in total. The standard InChI is InChI=1S/C3H7ClO2Si/c1-3(2)6-7(4)5/h3H,1-2H3. The van der Waals surface area contributed by atoms with Crippen LogP contribution in [0, 0.1) is 0 Å². The second-order valence-corrected chi connectivity index (χ2v) is 3.04. The number of halogens is 1. The van der Waals surface area contributed by atoms with Gasteiger partial charge in [0.25, 0.3) is 0 Å². The van der Waals surface area contributed by atoms with Gasteiger partial charge in [0.05, 0.1) is 6.10 Å². The van der Waals surface area contributed by atoms with Crippen LogP contribution in [0.5, 0.6) is 0 Å². The van der Waals surface area contributed by atoms with Gasteiger partial charge in [-0.15, -0.1) is 0 Å². The molecule has 0 unspecified atom stereocenters. The van der Waals surface area contributed by atoms with E-state index >= 15 is 0 Å². The van der Waals surface area contributed by atoms with Gasteiger partial charge in [-0.1, -0.05) is 0 Å². The summed E-state index contributed by atoms with van der Waals surface area (Å²) in [6.07, 6.45) is -0.0242. The molecule has 0 aliphatic heterocycles. The summed E-state index contributed by atoms with van der Waals surface area (Å²) in [6.45, 7) is 3.57. The number of hydrogen-bond acceptors (Lipinski definition) is 2. The molecule has 7 heavy (non-hydrogen) atoms. The maximum atomic E-state index is 9.98. The fraction of sp³-hybridized carbons (Fsp3) is 1.00. The SMILES string of the molecule is CC(C)O[Si](=O)Cl. The Balaban J connectivity index is 3.13. The van der Waals surface area contributed by atoms with Crippen LogP contribution in [0.4, 0.5) is 0 Å². The minimum atomic E-state index is -2.21. The van der Waals surface area contributed by atoms with E-state index in [4.69, 9.17) is 11.1 Å². The molecule has 42 valence electrons. The van der Waals surface area contributed by atoms with Crippen molar-refractivity contribution in [2.75, 3.05) is 0 Å². The van der Waals surface area contributed by atoms with Gasteiger partial charge in [-0.05, 0) is 24.9 Å². The van der Waals surface area contributed by atoms with Gasteiger partial charge in [0, 0.05) is 0 Å². The molecule has 0 rings (SSSR count). The van der Waals surface area contributed by atoms with Crippen molar-refractivity contribution in [1.82, 2.24) is 0 Å². The first kappa shape index (κ1) is 7.11. The lowest BCUT2D eigenvalue weighted by atomic mass is 10.5. The van der Waals surface area contributed by atoms with Gasteiger partial charge in [-0.3, -0.25) is 0 Å². The molecule has 0 spiro atoms. The van der Waals surface area contributed by atoms with Crippen molar-refractivity contribution in [3.8, 4) is 0 Å². The molecule has 4 heteroatoms. The topological polar surface area (TPSA) is 26.3 Å². The molecule has 0 atom stereocenters. The highest BCUT2D eigenvalue weighted by Crippen LogP contribution is 1.88. The molecule has 0 saturated carbocycles. The fourth-order valence-electron chi connectivity index (χ4n) is 0.185. The Hall–Kier alpha value is 0.107. The van der Waals surface area contributed by atoms with Crippen LogP contribution >= 0.6 is 11.1 Å². The smallest absolute Gasteiger partial charge is 0.512 e. The molecular weight excluding hydrogens is 132 g/mol. The predicted octanol–water partition coefficient (Wildman–Crippen LogP) is 1.07. The van der Waals surface area contributed by atoms with E-state index in [1.807, 2.05) is 0 Å². The van der Waals surface area contributed by atoms with Crippen LogP contribution in [0.2, 0.25) is 0 Å². The van der Waals surface area contributed by atoms with Gasteiger partial charge in [0.15, 0.2) is 0 Å². The quantitative estimate of drug-likeness (QED) is 0.422. The van der Waals surface area contributed by atoms with Crippen LogP contribution in [-0.2, 0) is 8.89 Å². The van der Waals surface area contributed by atoms with E-state index in [9.17, 15) is 4.46 Å². The Morgan fingerprint density at radius 2 is 2.14 bits per heavy atom. The average Bonchev–Trinajstić information content (AvgIpc) is 1.27. The van der Waals surface area contributed by atoms with E-state index < -0.39 is 8.24 Å². The zero-order chi connectivity index (χ0) is 5.86. The van der Waals surface area contributed by atoms with Crippen molar-refractivity contribution in [3.05, 3.63) is 0 Å². The Kier molecular flexibility index (Phi) is 3.20. The fourth-order valence-corrected chi connectivity index (χ4v) is 1.09. The van der Waals surface area contributed by atoms with Crippen molar-refractivity contribution in [2.45, 2.75) is 20.0 Å². The molecule has 2 nitrogen and oxygen atoms in total. The highest BCUT2D eigenvalue weighted by molar-refractivity contribution is 6.94. The first-order valence-electron chi connectivity index (χ1n) is 1.99. The summed E-state index contributed by atoms with van der Waals surface area (Å²) in [4.78, 5) is 0. The van der Waals surface area contributed by atoms with E-state index in [0.29, 0.717) is 0 Å². The molecule has 0 radical (unpaired) electrons. The van der Waals surface area contributed by atoms with Gasteiger partial charge in [-0.25, -0.2) is 0 Å². The maximum Gasteiger partial charge on any atom is 0.619 e. The van der Waals surface area contributed by atoms with E-state index in [0.717, 1.165) is 0 Å². The molecular formula is C3H7ClO2Si. The third-order valence-corrected chi connectivity index (χ3v) is 1.25. The lowest BCUT2D eigenvalue weighted by Crippen LogP contribution is -2.06. The summed E-state index contributed by atoms with van der Waals surface area (Å²) in [5.74, 6) is 0. The van der Waals surface area contributed by atoms with Crippen molar-refractivity contribution in [2.24, 2.45) is 0 Å².